The number of ether oxygens (including phenoxy) is 1. The van der Waals surface area contributed by atoms with Gasteiger partial charge in [-0.2, -0.15) is 12.6 Å². The van der Waals surface area contributed by atoms with Crippen LogP contribution in [0.3, 0.4) is 0 Å². The maximum absolute atomic E-state index is 14.0. The number of carbonyl (C=O) groups excluding carboxylic acids is 3. The summed E-state index contributed by atoms with van der Waals surface area (Å²) < 4.78 is 5.38. The highest BCUT2D eigenvalue weighted by atomic mass is 32.1. The molecule has 1 aliphatic carbocycles. The predicted molar refractivity (Wildman–Crippen MR) is 147 cm³/mol. The molecule has 1 aromatic carbocycles. The van der Waals surface area contributed by atoms with Gasteiger partial charge in [-0.1, -0.05) is 44.4 Å². The van der Waals surface area contributed by atoms with Crippen molar-refractivity contribution in [3.8, 4) is 0 Å². The Morgan fingerprint density at radius 1 is 1.14 bits per heavy atom. The number of alkyl carbamates (subject to hydrolysis) is 1. The van der Waals surface area contributed by atoms with E-state index in [-0.39, 0.29) is 29.7 Å². The SMILES string of the molecule is CCC(C)N(C(=O)C(CS)NC(=O)OC(C)(C)C)C(C(=O)NC1CCCCC1)c1cccc(C)c1C. The molecule has 0 aliphatic heterocycles. The highest BCUT2D eigenvalue weighted by Crippen LogP contribution is 2.30. The number of nitrogens with zero attached hydrogens (tertiary/aromatic N) is 1. The molecule has 2 rings (SSSR count). The number of hydrogen-bond donors (Lipinski definition) is 3. The Kier molecular flexibility index (Phi) is 11.1. The van der Waals surface area contributed by atoms with Crippen LogP contribution in [-0.4, -0.2) is 52.3 Å². The van der Waals surface area contributed by atoms with Gasteiger partial charge >= 0.3 is 6.09 Å². The van der Waals surface area contributed by atoms with E-state index in [1.54, 1.807) is 25.7 Å². The zero-order valence-corrected chi connectivity index (χ0v) is 23.9. The molecule has 2 N–H and O–H groups in total. The molecule has 1 fully saturated rings. The molecule has 0 saturated heterocycles. The average molecular weight is 520 g/mol. The topological polar surface area (TPSA) is 87.7 Å². The second kappa shape index (κ2) is 13.4. The van der Waals surface area contributed by atoms with Gasteiger partial charge in [0.1, 0.15) is 17.7 Å². The maximum Gasteiger partial charge on any atom is 0.408 e. The van der Waals surface area contributed by atoms with E-state index in [1.807, 2.05) is 45.9 Å². The van der Waals surface area contributed by atoms with Gasteiger partial charge in [-0.25, -0.2) is 4.79 Å². The van der Waals surface area contributed by atoms with Crippen LogP contribution in [0.25, 0.3) is 0 Å². The smallest absolute Gasteiger partial charge is 0.408 e. The van der Waals surface area contributed by atoms with Gasteiger partial charge in [-0.15, -0.1) is 0 Å². The summed E-state index contributed by atoms with van der Waals surface area (Å²) in [5.74, 6) is -0.455. The zero-order chi connectivity index (χ0) is 27.0. The van der Waals surface area contributed by atoms with E-state index in [0.29, 0.717) is 6.42 Å². The third-order valence-electron chi connectivity index (χ3n) is 6.91. The molecule has 3 unspecified atom stereocenters. The van der Waals surface area contributed by atoms with Crippen LogP contribution < -0.4 is 10.6 Å². The average Bonchev–Trinajstić information content (AvgIpc) is 2.81. The van der Waals surface area contributed by atoms with Crippen LogP contribution in [0.5, 0.6) is 0 Å². The number of benzene rings is 1. The van der Waals surface area contributed by atoms with Gasteiger partial charge in [0.2, 0.25) is 11.8 Å². The van der Waals surface area contributed by atoms with Crippen LogP contribution in [0, 0.1) is 13.8 Å². The summed E-state index contributed by atoms with van der Waals surface area (Å²) in [4.78, 5) is 42.1. The summed E-state index contributed by atoms with van der Waals surface area (Å²) in [5, 5.41) is 5.92. The van der Waals surface area contributed by atoms with Crippen molar-refractivity contribution >= 4 is 30.5 Å². The molecule has 1 saturated carbocycles. The first-order chi connectivity index (χ1) is 16.9. The van der Waals surface area contributed by atoms with Crippen molar-refractivity contribution in [2.75, 3.05) is 5.75 Å². The second-order valence-corrected chi connectivity index (χ2v) is 11.3. The van der Waals surface area contributed by atoms with E-state index in [0.717, 1.165) is 42.4 Å². The first-order valence-electron chi connectivity index (χ1n) is 13.2. The highest BCUT2D eigenvalue weighted by Gasteiger charge is 2.39. The zero-order valence-electron chi connectivity index (χ0n) is 23.0. The van der Waals surface area contributed by atoms with Gasteiger partial charge in [0, 0.05) is 17.8 Å². The number of thiol groups is 1. The minimum absolute atomic E-state index is 0.0781. The Balaban J connectivity index is 2.48. The Hall–Kier alpha value is -2.22. The number of hydrogen-bond acceptors (Lipinski definition) is 5. The first kappa shape index (κ1) is 30.0. The third kappa shape index (κ3) is 8.15. The van der Waals surface area contributed by atoms with Gasteiger partial charge in [-0.05, 0) is 77.5 Å². The normalized spacial score (nSPS) is 17.0. The van der Waals surface area contributed by atoms with Crippen LogP contribution in [0.2, 0.25) is 0 Å². The monoisotopic (exact) mass is 519 g/mol. The number of nitrogens with one attached hydrogen (secondary N) is 2. The van der Waals surface area contributed by atoms with Crippen molar-refractivity contribution in [3.05, 3.63) is 34.9 Å². The maximum atomic E-state index is 14.0. The fraction of sp³-hybridized carbons (Fsp3) is 0.679. The molecule has 202 valence electrons. The molecule has 1 aliphatic rings. The van der Waals surface area contributed by atoms with Crippen LogP contribution in [-0.2, 0) is 14.3 Å². The quantitative estimate of drug-likeness (QED) is 0.389. The Morgan fingerprint density at radius 2 is 1.78 bits per heavy atom. The molecule has 7 nitrogen and oxygen atoms in total. The summed E-state index contributed by atoms with van der Waals surface area (Å²) in [5.41, 5.74) is 2.13. The van der Waals surface area contributed by atoms with Gasteiger partial charge < -0.3 is 20.3 Å². The lowest BCUT2D eigenvalue weighted by atomic mass is 9.92. The molecule has 3 amide bonds. The number of rotatable bonds is 9. The Labute approximate surface area is 222 Å². The number of aryl methyl sites for hydroxylation is 1. The summed E-state index contributed by atoms with van der Waals surface area (Å²) >= 11 is 4.37. The third-order valence-corrected chi connectivity index (χ3v) is 7.28. The van der Waals surface area contributed by atoms with Gasteiger partial charge in [0.15, 0.2) is 0 Å². The van der Waals surface area contributed by atoms with E-state index in [9.17, 15) is 14.4 Å². The molecular formula is C28H45N3O4S. The minimum Gasteiger partial charge on any atom is -0.444 e. The van der Waals surface area contributed by atoms with E-state index in [1.165, 1.54) is 6.42 Å². The van der Waals surface area contributed by atoms with E-state index < -0.39 is 23.8 Å². The summed E-state index contributed by atoms with van der Waals surface area (Å²) in [6.07, 6.45) is 5.22. The molecule has 0 radical (unpaired) electrons. The number of amides is 3. The standard InChI is InChI=1S/C28H45N3O4S/c1-8-19(3)31(26(33)23(17-36)30-27(34)35-28(5,6)7)24(22-16-12-13-18(2)20(22)4)25(32)29-21-14-10-9-11-15-21/h12-13,16,19,21,23-24,36H,8-11,14-15,17H2,1-7H3,(H,29,32)(H,30,34). The summed E-state index contributed by atoms with van der Waals surface area (Å²) in [7, 11) is 0. The molecule has 0 aromatic heterocycles. The lowest BCUT2D eigenvalue weighted by Crippen LogP contribution is -2.57. The molecular weight excluding hydrogens is 474 g/mol. The van der Waals surface area contributed by atoms with Crippen molar-refractivity contribution in [2.45, 2.75) is 117 Å². The molecule has 36 heavy (non-hydrogen) atoms. The Bertz CT molecular complexity index is 909. The van der Waals surface area contributed by atoms with Gasteiger partial charge in [-0.3, -0.25) is 9.59 Å². The van der Waals surface area contributed by atoms with Crippen LogP contribution in [0.15, 0.2) is 18.2 Å². The molecule has 8 heteroatoms. The van der Waals surface area contributed by atoms with Crippen molar-refractivity contribution in [2.24, 2.45) is 0 Å². The lowest BCUT2D eigenvalue weighted by Gasteiger charge is -2.39. The molecule has 0 spiro atoms. The predicted octanol–water partition coefficient (Wildman–Crippen LogP) is 5.24. The highest BCUT2D eigenvalue weighted by molar-refractivity contribution is 7.80. The first-order valence-corrected chi connectivity index (χ1v) is 13.8. The second-order valence-electron chi connectivity index (χ2n) is 10.9. The lowest BCUT2D eigenvalue weighted by molar-refractivity contribution is -0.145. The van der Waals surface area contributed by atoms with Crippen LogP contribution in [0.1, 0.15) is 95.9 Å². The van der Waals surface area contributed by atoms with Crippen molar-refractivity contribution < 1.29 is 19.1 Å². The fourth-order valence-corrected chi connectivity index (χ4v) is 4.87. The van der Waals surface area contributed by atoms with Crippen molar-refractivity contribution in [3.63, 3.8) is 0 Å². The number of carbonyl (C=O) groups is 3. The van der Waals surface area contributed by atoms with Crippen LogP contribution >= 0.6 is 12.6 Å². The molecule has 0 bridgehead atoms. The fourth-order valence-electron chi connectivity index (χ4n) is 4.63. The van der Waals surface area contributed by atoms with Crippen molar-refractivity contribution in [1.82, 2.24) is 15.5 Å². The Morgan fingerprint density at radius 3 is 2.33 bits per heavy atom. The minimum atomic E-state index is -0.938. The van der Waals surface area contributed by atoms with E-state index >= 15 is 0 Å². The largest absolute Gasteiger partial charge is 0.444 e. The molecule has 3 atom stereocenters. The van der Waals surface area contributed by atoms with E-state index in [4.69, 9.17) is 4.74 Å². The summed E-state index contributed by atoms with van der Waals surface area (Å²) in [6.45, 7) is 13.2. The van der Waals surface area contributed by atoms with Crippen molar-refractivity contribution in [1.29, 1.82) is 0 Å². The van der Waals surface area contributed by atoms with Gasteiger partial charge in [0.25, 0.3) is 0 Å². The molecule has 0 heterocycles. The van der Waals surface area contributed by atoms with E-state index in [2.05, 4.69) is 23.3 Å². The summed E-state index contributed by atoms with van der Waals surface area (Å²) in [6, 6.07) is 3.95. The van der Waals surface area contributed by atoms with Crippen LogP contribution in [0.4, 0.5) is 4.79 Å². The molecule has 1 aromatic rings. The van der Waals surface area contributed by atoms with Gasteiger partial charge in [0.05, 0.1) is 0 Å².